The summed E-state index contributed by atoms with van der Waals surface area (Å²) in [6.45, 7) is 3.38. The van der Waals surface area contributed by atoms with Gasteiger partial charge in [0, 0.05) is 19.4 Å². The zero-order chi connectivity index (χ0) is 51.7. The molecule has 0 saturated carbocycles. The highest BCUT2D eigenvalue weighted by atomic mass is 31.2. The molecular formula is C61H94NO8P. The molecule has 10 heteroatoms. The van der Waals surface area contributed by atoms with E-state index in [1.165, 1.54) is 0 Å². The fourth-order valence-corrected chi connectivity index (χ4v) is 7.01. The lowest BCUT2D eigenvalue weighted by Crippen LogP contribution is -2.29. The predicted molar refractivity (Wildman–Crippen MR) is 302 cm³/mol. The summed E-state index contributed by atoms with van der Waals surface area (Å²) < 4.78 is 32.9. The molecule has 0 spiro atoms. The summed E-state index contributed by atoms with van der Waals surface area (Å²) in [6.07, 6.45) is 81.1. The van der Waals surface area contributed by atoms with Gasteiger partial charge in [0.05, 0.1) is 13.2 Å². The lowest BCUT2D eigenvalue weighted by Gasteiger charge is -2.19. The molecule has 2 unspecified atom stereocenters. The van der Waals surface area contributed by atoms with Gasteiger partial charge in [-0.05, 0) is 122 Å². The van der Waals surface area contributed by atoms with E-state index in [2.05, 4.69) is 178 Å². The van der Waals surface area contributed by atoms with Crippen LogP contribution in [0.15, 0.2) is 170 Å². The van der Waals surface area contributed by atoms with Crippen LogP contribution in [0, 0.1) is 0 Å². The Labute approximate surface area is 431 Å². The largest absolute Gasteiger partial charge is 0.472 e. The van der Waals surface area contributed by atoms with E-state index in [4.69, 9.17) is 24.3 Å². The number of unbranched alkanes of at least 4 members (excludes halogenated alkanes) is 6. The maximum atomic E-state index is 12.7. The van der Waals surface area contributed by atoms with Gasteiger partial charge < -0.3 is 20.1 Å². The van der Waals surface area contributed by atoms with Crippen LogP contribution in [-0.2, 0) is 32.7 Å². The topological polar surface area (TPSA) is 134 Å². The molecule has 71 heavy (non-hydrogen) atoms. The van der Waals surface area contributed by atoms with Gasteiger partial charge in [-0.1, -0.05) is 203 Å². The van der Waals surface area contributed by atoms with Crippen molar-refractivity contribution in [3.05, 3.63) is 170 Å². The highest BCUT2D eigenvalue weighted by Crippen LogP contribution is 2.43. The third-order valence-corrected chi connectivity index (χ3v) is 11.1. The number of hydrogen-bond donors (Lipinski definition) is 2. The summed E-state index contributed by atoms with van der Waals surface area (Å²) in [6, 6.07) is 0. The lowest BCUT2D eigenvalue weighted by molar-refractivity contribution is -0.161. The van der Waals surface area contributed by atoms with Crippen LogP contribution in [0.5, 0.6) is 0 Å². The van der Waals surface area contributed by atoms with Crippen LogP contribution in [0.25, 0.3) is 0 Å². The second-order valence-corrected chi connectivity index (χ2v) is 18.1. The smallest absolute Gasteiger partial charge is 0.462 e. The number of esters is 2. The number of hydrogen-bond acceptors (Lipinski definition) is 8. The number of nitrogens with two attached hydrogens (primary N) is 1. The molecule has 396 valence electrons. The molecule has 2 atom stereocenters. The average molecular weight is 1000 g/mol. The number of phosphoric acid groups is 1. The number of phosphoric ester groups is 1. The molecule has 0 aromatic rings. The Bertz CT molecular complexity index is 1760. The quantitative estimate of drug-likeness (QED) is 0.0264. The second-order valence-electron chi connectivity index (χ2n) is 16.6. The fraction of sp³-hybridized carbons (Fsp3) is 0.508. The third kappa shape index (κ3) is 54.6. The van der Waals surface area contributed by atoms with E-state index >= 15 is 0 Å². The van der Waals surface area contributed by atoms with Crippen molar-refractivity contribution in [3.63, 3.8) is 0 Å². The summed E-state index contributed by atoms with van der Waals surface area (Å²) in [5.74, 6) is -0.939. The van der Waals surface area contributed by atoms with Crippen molar-refractivity contribution in [2.45, 2.75) is 174 Å². The molecule has 9 nitrogen and oxygen atoms in total. The minimum absolute atomic E-state index is 0.0312. The van der Waals surface area contributed by atoms with Crippen molar-refractivity contribution in [2.24, 2.45) is 5.73 Å². The Kier molecular flexibility index (Phi) is 51.1. The van der Waals surface area contributed by atoms with Gasteiger partial charge in [0.1, 0.15) is 6.61 Å². The van der Waals surface area contributed by atoms with Gasteiger partial charge in [0.2, 0.25) is 0 Å². The monoisotopic (exact) mass is 1000 g/mol. The first-order valence-corrected chi connectivity index (χ1v) is 28.1. The Balaban J connectivity index is 4.24. The molecule has 0 bridgehead atoms. The van der Waals surface area contributed by atoms with E-state index in [0.717, 1.165) is 122 Å². The summed E-state index contributed by atoms with van der Waals surface area (Å²) in [4.78, 5) is 35.1. The zero-order valence-electron chi connectivity index (χ0n) is 43.9. The molecule has 0 heterocycles. The molecule has 0 rings (SSSR count). The van der Waals surface area contributed by atoms with Gasteiger partial charge in [-0.3, -0.25) is 18.6 Å². The van der Waals surface area contributed by atoms with Crippen LogP contribution in [-0.4, -0.2) is 49.3 Å². The van der Waals surface area contributed by atoms with Crippen molar-refractivity contribution < 1.29 is 37.6 Å². The number of carbonyl (C=O) groups excluding carboxylic acids is 2. The molecule has 0 fully saturated rings. The van der Waals surface area contributed by atoms with Gasteiger partial charge in [0.25, 0.3) is 0 Å². The SMILES string of the molecule is CC/C=C\C/C=C\C/C=C\C/C=C\C/C=C\C/C=C\C/C=C\CCCCCCCC(=O)OC(COC(=O)CCC/C=C\C/C=C\C/C=C\C/C=C\C/C=C\C/C=C\C/C=C\CC)COP(=O)(O)OCCN. The molecule has 0 amide bonds. The average Bonchev–Trinajstić information content (AvgIpc) is 3.36. The Hall–Kier alpha value is -4.63. The molecule has 0 aliphatic heterocycles. The minimum Gasteiger partial charge on any atom is -0.462 e. The highest BCUT2D eigenvalue weighted by molar-refractivity contribution is 7.47. The van der Waals surface area contributed by atoms with E-state index in [0.29, 0.717) is 19.3 Å². The first-order valence-electron chi connectivity index (χ1n) is 26.6. The Morgan fingerprint density at radius 1 is 0.423 bits per heavy atom. The fourth-order valence-electron chi connectivity index (χ4n) is 6.25. The highest BCUT2D eigenvalue weighted by Gasteiger charge is 2.26. The van der Waals surface area contributed by atoms with E-state index < -0.39 is 32.5 Å². The summed E-state index contributed by atoms with van der Waals surface area (Å²) in [5, 5.41) is 0. The Morgan fingerprint density at radius 2 is 0.746 bits per heavy atom. The van der Waals surface area contributed by atoms with E-state index in [9.17, 15) is 19.0 Å². The van der Waals surface area contributed by atoms with Crippen molar-refractivity contribution in [3.8, 4) is 0 Å². The van der Waals surface area contributed by atoms with Gasteiger partial charge in [-0.2, -0.15) is 0 Å². The van der Waals surface area contributed by atoms with Crippen LogP contribution in [0.1, 0.15) is 168 Å². The summed E-state index contributed by atoms with van der Waals surface area (Å²) >= 11 is 0. The molecule has 0 saturated heterocycles. The lowest BCUT2D eigenvalue weighted by atomic mass is 10.1. The molecule has 0 radical (unpaired) electrons. The van der Waals surface area contributed by atoms with Crippen molar-refractivity contribution in [1.29, 1.82) is 0 Å². The maximum absolute atomic E-state index is 12.7. The predicted octanol–water partition coefficient (Wildman–Crippen LogP) is 16.7. The molecule has 0 aliphatic rings. The van der Waals surface area contributed by atoms with Gasteiger partial charge in [-0.25, -0.2) is 4.57 Å². The number of ether oxygens (including phenoxy) is 2. The van der Waals surface area contributed by atoms with Crippen LogP contribution >= 0.6 is 7.82 Å². The summed E-state index contributed by atoms with van der Waals surface area (Å²) in [5.41, 5.74) is 5.37. The minimum atomic E-state index is -4.42. The van der Waals surface area contributed by atoms with Gasteiger partial charge in [-0.15, -0.1) is 0 Å². The molecule has 0 aliphatic carbocycles. The first kappa shape index (κ1) is 66.4. The third-order valence-electron chi connectivity index (χ3n) is 10.1. The van der Waals surface area contributed by atoms with Crippen LogP contribution in [0.2, 0.25) is 0 Å². The van der Waals surface area contributed by atoms with Crippen molar-refractivity contribution in [1.82, 2.24) is 0 Å². The van der Waals surface area contributed by atoms with E-state index in [-0.39, 0.29) is 32.6 Å². The molecule has 3 N–H and O–H groups in total. The van der Waals surface area contributed by atoms with Crippen molar-refractivity contribution in [2.75, 3.05) is 26.4 Å². The zero-order valence-corrected chi connectivity index (χ0v) is 44.8. The van der Waals surface area contributed by atoms with E-state index in [1.54, 1.807) is 0 Å². The van der Waals surface area contributed by atoms with E-state index in [1.807, 2.05) is 6.08 Å². The van der Waals surface area contributed by atoms with Gasteiger partial charge >= 0.3 is 19.8 Å². The number of carbonyl (C=O) groups is 2. The normalized spacial score (nSPS) is 14.5. The molecule has 0 aromatic heterocycles. The molecule has 0 aromatic carbocycles. The Morgan fingerprint density at radius 3 is 1.13 bits per heavy atom. The standard InChI is InChI=1S/C61H94NO8P/c1-3-5-7-9-11-13-15-17-19-21-23-25-27-28-29-30-32-34-36-38-40-42-44-46-48-50-52-54-61(64)70-59(58-69-71(65,66)68-56-55-62)57-67-60(63)53-51-49-47-45-43-41-39-37-35-33-31-26-24-22-20-18-16-14-12-10-8-6-4-2/h5-8,11-14,17-20,23-26,28-29,32-35,38-41,45,47,59H,3-4,9-10,15-16,21-22,27,30-31,36-37,42-44,46,48-58,62H2,1-2H3,(H,65,66)/b7-5-,8-6-,13-11-,14-12-,19-17-,20-18-,25-23-,26-24-,29-28-,34-32-,35-33-,40-38-,41-39-,47-45-. The number of rotatable bonds is 47. The maximum Gasteiger partial charge on any atom is 0.472 e. The van der Waals surface area contributed by atoms with Crippen LogP contribution in [0.4, 0.5) is 0 Å². The van der Waals surface area contributed by atoms with Crippen molar-refractivity contribution >= 4 is 19.8 Å². The summed E-state index contributed by atoms with van der Waals surface area (Å²) in [7, 11) is -4.42. The van der Waals surface area contributed by atoms with Crippen LogP contribution in [0.3, 0.4) is 0 Å². The number of allylic oxidation sites excluding steroid dienone is 28. The van der Waals surface area contributed by atoms with Gasteiger partial charge in [0.15, 0.2) is 6.10 Å². The molecular weight excluding hydrogens is 906 g/mol. The first-order chi connectivity index (χ1) is 34.8. The van der Waals surface area contributed by atoms with Crippen LogP contribution < -0.4 is 5.73 Å². The second kappa shape index (κ2) is 54.7.